The quantitative estimate of drug-likeness (QED) is 0.557. The lowest BCUT2D eigenvalue weighted by Crippen LogP contribution is -2.22. The highest BCUT2D eigenvalue weighted by Gasteiger charge is 2.21. The van der Waals surface area contributed by atoms with Crippen molar-refractivity contribution in [2.45, 2.75) is 44.9 Å². The van der Waals surface area contributed by atoms with Gasteiger partial charge in [0.1, 0.15) is 21.4 Å². The molecule has 24 heavy (non-hydrogen) atoms. The van der Waals surface area contributed by atoms with Gasteiger partial charge in [-0.2, -0.15) is 0 Å². The summed E-state index contributed by atoms with van der Waals surface area (Å²) in [7, 11) is 0. The van der Waals surface area contributed by atoms with Gasteiger partial charge in [-0.3, -0.25) is 4.79 Å². The van der Waals surface area contributed by atoms with E-state index in [0.717, 1.165) is 15.2 Å². The van der Waals surface area contributed by atoms with Gasteiger partial charge >= 0.3 is 0 Å². The first-order chi connectivity index (χ1) is 11.3. The van der Waals surface area contributed by atoms with Gasteiger partial charge in [-0.15, -0.1) is 11.3 Å². The summed E-state index contributed by atoms with van der Waals surface area (Å²) in [4.78, 5) is 23.6. The first-order valence-corrected chi connectivity index (χ1v) is 9.20. The second kappa shape index (κ2) is 6.52. The molecule has 3 aromatic heterocycles. The molecule has 6 nitrogen and oxygen atoms in total. The van der Waals surface area contributed by atoms with Gasteiger partial charge in [-0.25, -0.2) is 9.97 Å². The van der Waals surface area contributed by atoms with Crippen LogP contribution in [0, 0.1) is 27.7 Å². The van der Waals surface area contributed by atoms with Gasteiger partial charge in [0.15, 0.2) is 5.82 Å². The Balaban J connectivity index is 1.84. The van der Waals surface area contributed by atoms with Crippen molar-refractivity contribution in [3.05, 3.63) is 28.1 Å². The van der Waals surface area contributed by atoms with Crippen molar-refractivity contribution >= 4 is 45.0 Å². The van der Waals surface area contributed by atoms with Crippen LogP contribution >= 0.6 is 23.1 Å². The lowest BCUT2D eigenvalue weighted by Gasteiger charge is -2.11. The third kappa shape index (κ3) is 3.29. The van der Waals surface area contributed by atoms with Crippen LogP contribution in [0.4, 0.5) is 5.82 Å². The molecule has 0 fully saturated rings. The third-order valence-corrected chi connectivity index (χ3v) is 5.83. The van der Waals surface area contributed by atoms with Crippen LogP contribution in [0.1, 0.15) is 28.9 Å². The number of aromatic nitrogens is 3. The number of aryl methyl sites for hydroxylation is 4. The van der Waals surface area contributed by atoms with Crippen molar-refractivity contribution in [1.82, 2.24) is 15.1 Å². The molecule has 3 heterocycles. The van der Waals surface area contributed by atoms with E-state index in [4.69, 9.17) is 4.52 Å². The molecule has 0 aliphatic carbocycles. The number of amides is 1. The van der Waals surface area contributed by atoms with E-state index in [0.29, 0.717) is 17.4 Å². The zero-order valence-corrected chi connectivity index (χ0v) is 15.8. The number of rotatable bonds is 4. The average Bonchev–Trinajstić information content (AvgIpc) is 3.02. The van der Waals surface area contributed by atoms with Crippen LogP contribution < -0.4 is 5.32 Å². The van der Waals surface area contributed by atoms with Crippen molar-refractivity contribution in [3.8, 4) is 0 Å². The SMILES string of the molecule is Cc1nc(S[C@H](C)C(=O)Nc2cc(C)on2)c2c(C)c(C)sc2n1. The fourth-order valence-electron chi connectivity index (χ4n) is 2.27. The molecule has 0 radical (unpaired) electrons. The molecule has 0 aromatic carbocycles. The smallest absolute Gasteiger partial charge is 0.238 e. The largest absolute Gasteiger partial charge is 0.360 e. The average molecular weight is 362 g/mol. The van der Waals surface area contributed by atoms with E-state index in [2.05, 4.69) is 34.3 Å². The molecular weight excluding hydrogens is 344 g/mol. The maximum absolute atomic E-state index is 12.4. The summed E-state index contributed by atoms with van der Waals surface area (Å²) in [5, 5.41) is 8.12. The lowest BCUT2D eigenvalue weighted by atomic mass is 10.2. The zero-order chi connectivity index (χ0) is 17.4. The monoisotopic (exact) mass is 362 g/mol. The standard InChI is InChI=1S/C16H18N4O2S2/c1-7-6-12(20-22-7)19-14(21)10(4)24-16-13-8(2)9(3)23-15(13)17-11(5)18-16/h6,10H,1-5H3,(H,19,20,21)/t10-/m1/s1. The Morgan fingerprint density at radius 2 is 2.04 bits per heavy atom. The normalized spacial score (nSPS) is 12.5. The maximum atomic E-state index is 12.4. The molecule has 0 bridgehead atoms. The highest BCUT2D eigenvalue weighted by atomic mass is 32.2. The lowest BCUT2D eigenvalue weighted by molar-refractivity contribution is -0.115. The molecule has 3 rings (SSSR count). The van der Waals surface area contributed by atoms with Crippen molar-refractivity contribution in [2.75, 3.05) is 5.32 Å². The van der Waals surface area contributed by atoms with Crippen molar-refractivity contribution < 1.29 is 9.32 Å². The minimum atomic E-state index is -0.320. The molecule has 0 unspecified atom stereocenters. The number of hydrogen-bond acceptors (Lipinski definition) is 7. The molecule has 1 N–H and O–H groups in total. The van der Waals surface area contributed by atoms with E-state index in [1.807, 2.05) is 13.8 Å². The van der Waals surface area contributed by atoms with Crippen LogP contribution in [0.3, 0.4) is 0 Å². The van der Waals surface area contributed by atoms with E-state index in [-0.39, 0.29) is 11.2 Å². The Hall–Kier alpha value is -1.93. The second-order valence-corrected chi connectivity index (χ2v) is 8.14. The summed E-state index contributed by atoms with van der Waals surface area (Å²) in [5.74, 6) is 1.66. The van der Waals surface area contributed by atoms with Crippen LogP contribution in [-0.4, -0.2) is 26.3 Å². The summed E-state index contributed by atoms with van der Waals surface area (Å²) in [6, 6.07) is 1.69. The van der Waals surface area contributed by atoms with Crippen LogP contribution in [0.2, 0.25) is 0 Å². The van der Waals surface area contributed by atoms with Crippen molar-refractivity contribution in [1.29, 1.82) is 0 Å². The van der Waals surface area contributed by atoms with E-state index < -0.39 is 0 Å². The molecule has 1 atom stereocenters. The first-order valence-electron chi connectivity index (χ1n) is 7.50. The summed E-state index contributed by atoms with van der Waals surface area (Å²) in [5.41, 5.74) is 1.18. The van der Waals surface area contributed by atoms with Gasteiger partial charge in [0.2, 0.25) is 5.91 Å². The number of hydrogen-bond donors (Lipinski definition) is 1. The highest BCUT2D eigenvalue weighted by Crippen LogP contribution is 2.36. The minimum absolute atomic E-state index is 0.137. The fourth-order valence-corrected chi connectivity index (χ4v) is 4.47. The van der Waals surface area contributed by atoms with E-state index >= 15 is 0 Å². The van der Waals surface area contributed by atoms with Crippen LogP contribution in [0.25, 0.3) is 10.2 Å². The number of nitrogens with one attached hydrogen (secondary N) is 1. The topological polar surface area (TPSA) is 80.9 Å². The third-order valence-electron chi connectivity index (χ3n) is 3.64. The van der Waals surface area contributed by atoms with Crippen LogP contribution in [0.15, 0.2) is 15.6 Å². The van der Waals surface area contributed by atoms with E-state index in [1.54, 1.807) is 24.3 Å². The Kier molecular flexibility index (Phi) is 4.60. The number of carbonyl (C=O) groups excluding carboxylic acids is 1. The molecule has 3 aromatic rings. The van der Waals surface area contributed by atoms with Crippen LogP contribution in [0.5, 0.6) is 0 Å². The summed E-state index contributed by atoms with van der Waals surface area (Å²) < 4.78 is 4.96. The molecule has 0 saturated carbocycles. The molecular formula is C16H18N4O2S2. The predicted molar refractivity (Wildman–Crippen MR) is 96.8 cm³/mol. The number of fused-ring (bicyclic) bond motifs is 1. The fraction of sp³-hybridized carbons (Fsp3) is 0.375. The Bertz CT molecular complexity index is 916. The Morgan fingerprint density at radius 1 is 1.29 bits per heavy atom. The van der Waals surface area contributed by atoms with Gasteiger partial charge in [0, 0.05) is 16.3 Å². The molecule has 0 aliphatic rings. The second-order valence-electron chi connectivity index (χ2n) is 5.61. The van der Waals surface area contributed by atoms with Crippen molar-refractivity contribution in [3.63, 3.8) is 0 Å². The molecule has 8 heteroatoms. The molecule has 0 spiro atoms. The number of thioether (sulfide) groups is 1. The minimum Gasteiger partial charge on any atom is -0.360 e. The van der Waals surface area contributed by atoms with E-state index in [9.17, 15) is 4.79 Å². The summed E-state index contributed by atoms with van der Waals surface area (Å²) >= 11 is 3.09. The zero-order valence-electron chi connectivity index (χ0n) is 14.1. The van der Waals surface area contributed by atoms with Gasteiger partial charge in [-0.1, -0.05) is 16.9 Å². The predicted octanol–water partition coefficient (Wildman–Crippen LogP) is 4.03. The molecule has 1 amide bonds. The Labute approximate surface area is 148 Å². The Morgan fingerprint density at radius 3 is 2.71 bits per heavy atom. The van der Waals surface area contributed by atoms with E-state index in [1.165, 1.54) is 22.2 Å². The first kappa shape index (κ1) is 16.9. The van der Waals surface area contributed by atoms with Gasteiger partial charge in [0.05, 0.1) is 5.25 Å². The number of carbonyl (C=O) groups is 1. The van der Waals surface area contributed by atoms with Crippen LogP contribution in [-0.2, 0) is 4.79 Å². The highest BCUT2D eigenvalue weighted by molar-refractivity contribution is 8.00. The maximum Gasteiger partial charge on any atom is 0.238 e. The summed E-state index contributed by atoms with van der Waals surface area (Å²) in [6.45, 7) is 9.65. The molecule has 126 valence electrons. The number of nitrogens with zero attached hydrogens (tertiary/aromatic N) is 3. The van der Waals surface area contributed by atoms with Gasteiger partial charge in [-0.05, 0) is 40.2 Å². The molecule has 0 aliphatic heterocycles. The summed E-state index contributed by atoms with van der Waals surface area (Å²) in [6.07, 6.45) is 0. The number of thiophene rings is 1. The van der Waals surface area contributed by atoms with Crippen molar-refractivity contribution in [2.24, 2.45) is 0 Å². The van der Waals surface area contributed by atoms with Gasteiger partial charge < -0.3 is 9.84 Å². The van der Waals surface area contributed by atoms with Gasteiger partial charge in [0.25, 0.3) is 0 Å². The number of anilines is 1. The molecule has 0 saturated heterocycles.